The highest BCUT2D eigenvalue weighted by atomic mass is 32.1. The fourth-order valence-corrected chi connectivity index (χ4v) is 11.9. The second-order valence-electron chi connectivity index (χ2n) is 22.3. The molecular formula is C59H79N9O6S. The molecule has 15 nitrogen and oxygen atoms in total. The molecule has 0 aliphatic carbocycles. The Labute approximate surface area is 447 Å². The van der Waals surface area contributed by atoms with Crippen molar-refractivity contribution in [1.82, 2.24) is 40.5 Å². The number of phenolic OH excluding ortho intramolecular Hbond substituents is 1. The van der Waals surface area contributed by atoms with Gasteiger partial charge in [0.15, 0.2) is 11.6 Å². The number of rotatable bonds is 24. The minimum absolute atomic E-state index is 0.0460. The zero-order valence-corrected chi connectivity index (χ0v) is 45.5. The van der Waals surface area contributed by atoms with Crippen LogP contribution in [0, 0.1) is 24.2 Å². The highest BCUT2D eigenvalue weighted by Crippen LogP contribution is 2.34. The minimum Gasteiger partial charge on any atom is -0.507 e. The molecule has 5 heterocycles. The molecule has 75 heavy (non-hydrogen) atoms. The molecule has 0 unspecified atom stereocenters. The Morgan fingerprint density at radius 2 is 1.48 bits per heavy atom. The fourth-order valence-electron chi connectivity index (χ4n) is 11.1. The number of aromatic hydroxyl groups is 1. The van der Waals surface area contributed by atoms with Gasteiger partial charge in [-0.15, -0.1) is 21.5 Å². The van der Waals surface area contributed by atoms with Crippen molar-refractivity contribution in [2.24, 2.45) is 17.3 Å². The van der Waals surface area contributed by atoms with Gasteiger partial charge >= 0.3 is 0 Å². The van der Waals surface area contributed by atoms with Crippen molar-refractivity contribution in [3.63, 3.8) is 0 Å². The molecule has 16 heteroatoms. The molecule has 2 aromatic heterocycles. The number of likely N-dealkylation sites (tertiary alicyclic amines) is 3. The number of nitrogens with two attached hydrogens (primary N) is 1. The van der Waals surface area contributed by atoms with Crippen molar-refractivity contribution in [2.45, 2.75) is 136 Å². The number of unbranched alkanes of at least 4 members (excludes halogenated alkanes) is 7. The highest BCUT2D eigenvalue weighted by Gasteiger charge is 2.45. The number of nitrogens with zero attached hydrogens (tertiary/aromatic N) is 6. The molecule has 6 N–H and O–H groups in total. The van der Waals surface area contributed by atoms with Gasteiger partial charge in [0.05, 0.1) is 34.8 Å². The summed E-state index contributed by atoms with van der Waals surface area (Å²) in [6.45, 7) is 17.0. The van der Waals surface area contributed by atoms with Crippen molar-refractivity contribution in [2.75, 3.05) is 51.6 Å². The number of anilines is 1. The van der Waals surface area contributed by atoms with Gasteiger partial charge < -0.3 is 41.1 Å². The van der Waals surface area contributed by atoms with E-state index in [9.17, 15) is 24.6 Å². The number of benzene rings is 3. The number of carbonyl (C=O) groups is 3. The number of aromatic nitrogens is 3. The van der Waals surface area contributed by atoms with Crippen molar-refractivity contribution < 1.29 is 29.3 Å². The van der Waals surface area contributed by atoms with Crippen LogP contribution in [0.1, 0.15) is 120 Å². The number of fused-ring (bicyclic) bond motifs is 1. The third kappa shape index (κ3) is 14.9. The first-order chi connectivity index (χ1) is 36.1. The number of aliphatic hydroxyl groups is 1. The monoisotopic (exact) mass is 1040 g/mol. The standard InChI is InChI=1S/C59H79N9O6S/c1-39(43-23-25-44(26-24-43)54-40(2)61-38-75-54)62-57(72)50-30-47(69)37-68(50)58(73)55(59(3,4)5)63-53(71)18-12-10-8-6-7-9-11-15-28-66-33-45-35-67(36-46(45)34-66)32-42-21-19-41(20-22-42)27-29-74-52-31-49(64-65-56(52)60)48-16-13-14-17-51(48)70/h13-14,16-17,19-26,31,38-39,45-47,50,55,69-70H,6-12,15,18,27-30,32-37H2,1-5H3,(H2,60,65)(H,62,72)(H,63,71)/t39-,45-,46+,47+,50-,55+/m0/s1. The summed E-state index contributed by atoms with van der Waals surface area (Å²) in [5.41, 5.74) is 13.9. The summed E-state index contributed by atoms with van der Waals surface area (Å²) < 4.78 is 6.00. The number of carbonyl (C=O) groups excluding carboxylic acids is 3. The van der Waals surface area contributed by atoms with Crippen LogP contribution < -0.4 is 21.1 Å². The normalized spacial score (nSPS) is 19.7. The van der Waals surface area contributed by atoms with Crippen molar-refractivity contribution in [1.29, 1.82) is 0 Å². The molecule has 5 aromatic rings. The number of nitrogens with one attached hydrogen (secondary N) is 2. The molecule has 3 aliphatic rings. The van der Waals surface area contributed by atoms with Crippen LogP contribution in [-0.4, -0.2) is 122 Å². The number of phenols is 1. The van der Waals surface area contributed by atoms with Crippen LogP contribution >= 0.6 is 11.3 Å². The molecule has 8 rings (SSSR count). The van der Waals surface area contributed by atoms with E-state index in [2.05, 4.69) is 59.9 Å². The summed E-state index contributed by atoms with van der Waals surface area (Å²) in [6, 6.07) is 23.6. The average Bonchev–Trinajstić information content (AvgIpc) is 4.18. The molecule has 6 atom stereocenters. The number of thiazole rings is 1. The molecule has 0 saturated carbocycles. The molecule has 3 amide bonds. The number of aliphatic hydroxyl groups excluding tert-OH is 1. The number of hydrogen-bond donors (Lipinski definition) is 5. The number of aryl methyl sites for hydroxylation is 1. The van der Waals surface area contributed by atoms with E-state index in [4.69, 9.17) is 10.5 Å². The van der Waals surface area contributed by atoms with Crippen LogP contribution in [0.3, 0.4) is 0 Å². The Hall–Kier alpha value is -5.94. The quantitative estimate of drug-likeness (QED) is 0.0369. The van der Waals surface area contributed by atoms with E-state index in [1.165, 1.54) is 61.3 Å². The molecular weight excluding hydrogens is 963 g/mol. The van der Waals surface area contributed by atoms with E-state index < -0.39 is 23.6 Å². The van der Waals surface area contributed by atoms with Crippen LogP contribution in [0.25, 0.3) is 21.7 Å². The smallest absolute Gasteiger partial charge is 0.246 e. The largest absolute Gasteiger partial charge is 0.507 e. The molecule has 3 fully saturated rings. The maximum atomic E-state index is 14.1. The van der Waals surface area contributed by atoms with Gasteiger partial charge in [0.1, 0.15) is 23.5 Å². The van der Waals surface area contributed by atoms with Gasteiger partial charge in [-0.1, -0.05) is 120 Å². The zero-order chi connectivity index (χ0) is 53.1. The SMILES string of the molecule is Cc1ncsc1-c1ccc([C@H](C)NC(=O)[C@@H]2C[C@@H](O)CN2C(=O)[C@@H](NC(=O)CCCCCCCCCCN2C[C@@H]3CN(Cc4ccc(CCOc5cc(-c6ccccc6O)nnc5N)cc4)C[C@@H]3C2)C(C)(C)C)cc1. The third-order valence-corrected chi connectivity index (χ3v) is 16.3. The Bertz CT molecular complexity index is 2660. The summed E-state index contributed by atoms with van der Waals surface area (Å²) in [6.07, 6.45) is 9.31. The highest BCUT2D eigenvalue weighted by molar-refractivity contribution is 7.13. The van der Waals surface area contributed by atoms with Crippen LogP contribution in [-0.2, 0) is 27.3 Å². The number of para-hydroxylation sites is 1. The topological polar surface area (TPSA) is 199 Å². The fraction of sp³-hybridized carbons (Fsp3) is 0.525. The molecule has 0 bridgehead atoms. The van der Waals surface area contributed by atoms with Gasteiger partial charge in [-0.2, -0.15) is 0 Å². The van der Waals surface area contributed by atoms with Crippen LogP contribution in [0.15, 0.2) is 84.4 Å². The van der Waals surface area contributed by atoms with E-state index in [1.807, 2.05) is 70.5 Å². The van der Waals surface area contributed by atoms with Crippen LogP contribution in [0.5, 0.6) is 11.5 Å². The molecule has 402 valence electrons. The van der Waals surface area contributed by atoms with Crippen molar-refractivity contribution >= 4 is 34.9 Å². The summed E-state index contributed by atoms with van der Waals surface area (Å²) in [5.74, 6) is 1.49. The molecule has 3 aliphatic heterocycles. The van der Waals surface area contributed by atoms with Crippen LogP contribution in [0.4, 0.5) is 5.82 Å². The summed E-state index contributed by atoms with van der Waals surface area (Å²) >= 11 is 1.59. The Morgan fingerprint density at radius 1 is 0.827 bits per heavy atom. The third-order valence-electron chi connectivity index (χ3n) is 15.4. The maximum Gasteiger partial charge on any atom is 0.246 e. The van der Waals surface area contributed by atoms with Gasteiger partial charge in [-0.3, -0.25) is 19.3 Å². The van der Waals surface area contributed by atoms with Gasteiger partial charge in [0.2, 0.25) is 17.7 Å². The van der Waals surface area contributed by atoms with E-state index in [-0.39, 0.29) is 48.3 Å². The second-order valence-corrected chi connectivity index (χ2v) is 23.2. The lowest BCUT2D eigenvalue weighted by atomic mass is 9.85. The Balaban J connectivity index is 0.659. The number of nitrogen functional groups attached to an aromatic ring is 1. The van der Waals surface area contributed by atoms with E-state index >= 15 is 0 Å². The van der Waals surface area contributed by atoms with Gasteiger partial charge in [-0.05, 0) is 84.9 Å². The first-order valence-electron chi connectivity index (χ1n) is 27.2. The summed E-state index contributed by atoms with van der Waals surface area (Å²) in [5, 5.41) is 35.2. The molecule has 3 aromatic carbocycles. The lowest BCUT2D eigenvalue weighted by Gasteiger charge is -2.35. The maximum absolute atomic E-state index is 14.1. The zero-order valence-electron chi connectivity index (χ0n) is 44.7. The Kier molecular flexibility index (Phi) is 19.0. The van der Waals surface area contributed by atoms with E-state index in [0.29, 0.717) is 30.0 Å². The number of ether oxygens (including phenoxy) is 1. The minimum atomic E-state index is -0.834. The first-order valence-corrected chi connectivity index (χ1v) is 28.1. The van der Waals surface area contributed by atoms with Crippen molar-refractivity contribution in [3.8, 4) is 33.2 Å². The lowest BCUT2D eigenvalue weighted by Crippen LogP contribution is -2.57. The number of amides is 3. The Morgan fingerprint density at radius 3 is 2.15 bits per heavy atom. The molecule has 0 radical (unpaired) electrons. The van der Waals surface area contributed by atoms with E-state index in [1.54, 1.807) is 35.6 Å². The predicted octanol–water partition coefficient (Wildman–Crippen LogP) is 8.73. The van der Waals surface area contributed by atoms with Crippen LogP contribution in [0.2, 0.25) is 0 Å². The summed E-state index contributed by atoms with van der Waals surface area (Å²) in [4.78, 5) is 53.3. The lowest BCUT2D eigenvalue weighted by molar-refractivity contribution is -0.144. The second kappa shape index (κ2) is 25.7. The summed E-state index contributed by atoms with van der Waals surface area (Å²) in [7, 11) is 0. The van der Waals surface area contributed by atoms with E-state index in [0.717, 1.165) is 85.3 Å². The number of β-amino-alcohol motifs (C(OH)–C–C–N with tert-alkyl or cyclic N) is 1. The van der Waals surface area contributed by atoms with Gasteiger partial charge in [-0.25, -0.2) is 4.98 Å². The number of hydrogen-bond acceptors (Lipinski definition) is 13. The predicted molar refractivity (Wildman–Crippen MR) is 296 cm³/mol. The van der Waals surface area contributed by atoms with Gasteiger partial charge in [0.25, 0.3) is 0 Å². The molecule has 3 saturated heterocycles. The average molecular weight is 1040 g/mol. The van der Waals surface area contributed by atoms with Crippen molar-refractivity contribution in [3.05, 3.63) is 107 Å². The first kappa shape index (κ1) is 55.3. The van der Waals surface area contributed by atoms with Gasteiger partial charge in [0, 0.05) is 70.2 Å². The molecule has 0 spiro atoms.